The molecule has 3 rings (SSSR count). The molecule has 0 amide bonds. The van der Waals surface area contributed by atoms with E-state index >= 15 is 0 Å². The molecular weight excluding hydrogens is 216 g/mol. The van der Waals surface area contributed by atoms with Gasteiger partial charge in [-0.3, -0.25) is 0 Å². The molecule has 0 fully saturated rings. The standard InChI is InChI=1S/C18H20/c1-3-13(2)12-18-16-10-6-4-8-14(16)15-9-5-7-11-17(15)18/h4-11,13,18H,3,12H2,1-2H3. The fraction of sp³-hybridized carbons (Fsp3) is 0.333. The van der Waals surface area contributed by atoms with Gasteiger partial charge in [-0.2, -0.15) is 0 Å². The molecule has 2 aromatic rings. The van der Waals surface area contributed by atoms with Gasteiger partial charge >= 0.3 is 0 Å². The molecule has 92 valence electrons. The lowest BCUT2D eigenvalue weighted by Crippen LogP contribution is -2.03. The van der Waals surface area contributed by atoms with Crippen molar-refractivity contribution in [3.05, 3.63) is 59.7 Å². The molecule has 0 saturated carbocycles. The molecule has 1 unspecified atom stereocenters. The second-order valence-electron chi connectivity index (χ2n) is 5.48. The number of fused-ring (bicyclic) bond motifs is 3. The molecule has 0 saturated heterocycles. The van der Waals surface area contributed by atoms with Crippen LogP contribution in [0.3, 0.4) is 0 Å². The van der Waals surface area contributed by atoms with Crippen LogP contribution in [0.2, 0.25) is 0 Å². The van der Waals surface area contributed by atoms with Crippen molar-refractivity contribution in [1.82, 2.24) is 0 Å². The Balaban J connectivity index is 2.09. The minimum atomic E-state index is 0.604. The first-order valence-corrected chi connectivity index (χ1v) is 6.99. The van der Waals surface area contributed by atoms with Crippen molar-refractivity contribution < 1.29 is 0 Å². The van der Waals surface area contributed by atoms with Gasteiger partial charge in [0.25, 0.3) is 0 Å². The first kappa shape index (κ1) is 11.5. The molecule has 0 N–H and O–H groups in total. The van der Waals surface area contributed by atoms with Crippen molar-refractivity contribution in [2.45, 2.75) is 32.6 Å². The minimum Gasteiger partial charge on any atom is -0.0651 e. The van der Waals surface area contributed by atoms with Crippen LogP contribution in [0.1, 0.15) is 43.7 Å². The minimum absolute atomic E-state index is 0.604. The normalized spacial score (nSPS) is 15.2. The highest BCUT2D eigenvalue weighted by molar-refractivity contribution is 5.78. The zero-order valence-corrected chi connectivity index (χ0v) is 11.2. The Labute approximate surface area is 110 Å². The Hall–Kier alpha value is -1.56. The average molecular weight is 236 g/mol. The van der Waals surface area contributed by atoms with Crippen molar-refractivity contribution in [2.24, 2.45) is 5.92 Å². The summed E-state index contributed by atoms with van der Waals surface area (Å²) in [6.45, 7) is 4.65. The zero-order valence-electron chi connectivity index (χ0n) is 11.2. The van der Waals surface area contributed by atoms with E-state index in [9.17, 15) is 0 Å². The smallest absolute Gasteiger partial charge is 0.0104 e. The van der Waals surface area contributed by atoms with E-state index in [4.69, 9.17) is 0 Å². The number of hydrogen-bond acceptors (Lipinski definition) is 0. The maximum absolute atomic E-state index is 2.36. The Bertz CT molecular complexity index is 508. The average Bonchev–Trinajstić information content (AvgIpc) is 2.74. The third kappa shape index (κ3) is 1.77. The van der Waals surface area contributed by atoms with Gasteiger partial charge in [0.15, 0.2) is 0 Å². The number of hydrogen-bond donors (Lipinski definition) is 0. The SMILES string of the molecule is CCC(C)CC1c2ccccc2-c2ccccc21. The molecule has 1 aliphatic rings. The van der Waals surface area contributed by atoms with Crippen LogP contribution in [0, 0.1) is 5.92 Å². The molecule has 2 aromatic carbocycles. The predicted octanol–water partition coefficient (Wildman–Crippen LogP) is 5.24. The number of rotatable bonds is 3. The molecule has 0 aromatic heterocycles. The lowest BCUT2D eigenvalue weighted by atomic mass is 9.87. The predicted molar refractivity (Wildman–Crippen MR) is 77.8 cm³/mol. The Morgan fingerprint density at radius 1 is 0.889 bits per heavy atom. The first-order chi connectivity index (χ1) is 8.81. The van der Waals surface area contributed by atoms with Gasteiger partial charge < -0.3 is 0 Å². The van der Waals surface area contributed by atoms with Crippen LogP contribution in [0.5, 0.6) is 0 Å². The van der Waals surface area contributed by atoms with Crippen LogP contribution >= 0.6 is 0 Å². The Morgan fingerprint density at radius 3 is 1.89 bits per heavy atom. The summed E-state index contributed by atoms with van der Waals surface area (Å²) in [7, 11) is 0. The van der Waals surface area contributed by atoms with E-state index in [2.05, 4.69) is 62.4 Å². The monoisotopic (exact) mass is 236 g/mol. The van der Waals surface area contributed by atoms with E-state index in [-0.39, 0.29) is 0 Å². The Kier molecular flexibility index (Phi) is 2.95. The van der Waals surface area contributed by atoms with Gasteiger partial charge in [0.1, 0.15) is 0 Å². The largest absolute Gasteiger partial charge is 0.0651 e. The third-order valence-electron chi connectivity index (χ3n) is 4.30. The maximum Gasteiger partial charge on any atom is 0.0104 e. The van der Waals surface area contributed by atoms with Gasteiger partial charge in [0.2, 0.25) is 0 Å². The van der Waals surface area contributed by atoms with Gasteiger partial charge in [-0.25, -0.2) is 0 Å². The van der Waals surface area contributed by atoms with Gasteiger partial charge in [-0.1, -0.05) is 68.8 Å². The summed E-state index contributed by atoms with van der Waals surface area (Å²) in [4.78, 5) is 0. The highest BCUT2D eigenvalue weighted by Gasteiger charge is 2.28. The van der Waals surface area contributed by atoms with Crippen LogP contribution in [0.4, 0.5) is 0 Å². The fourth-order valence-corrected chi connectivity index (χ4v) is 3.08. The van der Waals surface area contributed by atoms with Gasteiger partial charge in [0, 0.05) is 5.92 Å². The van der Waals surface area contributed by atoms with Gasteiger partial charge in [0.05, 0.1) is 0 Å². The van der Waals surface area contributed by atoms with Crippen molar-refractivity contribution >= 4 is 0 Å². The molecule has 0 radical (unpaired) electrons. The second-order valence-corrected chi connectivity index (χ2v) is 5.48. The summed E-state index contributed by atoms with van der Waals surface area (Å²) < 4.78 is 0. The first-order valence-electron chi connectivity index (χ1n) is 6.99. The van der Waals surface area contributed by atoms with Crippen molar-refractivity contribution in [3.63, 3.8) is 0 Å². The van der Waals surface area contributed by atoms with Gasteiger partial charge in [-0.15, -0.1) is 0 Å². The summed E-state index contributed by atoms with van der Waals surface area (Å²) in [5.74, 6) is 1.39. The summed E-state index contributed by atoms with van der Waals surface area (Å²) in [5, 5.41) is 0. The molecule has 0 bridgehead atoms. The van der Waals surface area contributed by atoms with Crippen LogP contribution in [0.25, 0.3) is 11.1 Å². The Morgan fingerprint density at radius 2 is 1.39 bits per heavy atom. The van der Waals surface area contributed by atoms with Crippen LogP contribution in [-0.2, 0) is 0 Å². The summed E-state index contributed by atoms with van der Waals surface area (Å²) in [6, 6.07) is 17.8. The van der Waals surface area contributed by atoms with Crippen LogP contribution in [-0.4, -0.2) is 0 Å². The molecule has 0 heteroatoms. The molecule has 1 aliphatic carbocycles. The lowest BCUT2D eigenvalue weighted by Gasteiger charge is -2.17. The van der Waals surface area contributed by atoms with E-state index in [1.54, 1.807) is 0 Å². The van der Waals surface area contributed by atoms with Crippen LogP contribution in [0.15, 0.2) is 48.5 Å². The van der Waals surface area contributed by atoms with E-state index < -0.39 is 0 Å². The lowest BCUT2D eigenvalue weighted by molar-refractivity contribution is 0.488. The van der Waals surface area contributed by atoms with E-state index in [1.807, 2.05) is 0 Å². The third-order valence-corrected chi connectivity index (χ3v) is 4.30. The summed E-state index contributed by atoms with van der Waals surface area (Å²) in [6.07, 6.45) is 2.53. The van der Waals surface area contributed by atoms with Crippen molar-refractivity contribution in [3.8, 4) is 11.1 Å². The molecule has 0 spiro atoms. The number of benzene rings is 2. The molecule has 1 atom stereocenters. The summed E-state index contributed by atoms with van der Waals surface area (Å²) >= 11 is 0. The topological polar surface area (TPSA) is 0 Å². The van der Waals surface area contributed by atoms with Crippen molar-refractivity contribution in [2.75, 3.05) is 0 Å². The zero-order chi connectivity index (χ0) is 12.5. The molecule has 0 nitrogen and oxygen atoms in total. The van der Waals surface area contributed by atoms with E-state index in [0.29, 0.717) is 5.92 Å². The van der Waals surface area contributed by atoms with Crippen molar-refractivity contribution in [1.29, 1.82) is 0 Å². The van der Waals surface area contributed by atoms with Crippen LogP contribution < -0.4 is 0 Å². The molecular formula is C18H20. The highest BCUT2D eigenvalue weighted by Crippen LogP contribution is 2.47. The van der Waals surface area contributed by atoms with E-state index in [1.165, 1.54) is 35.1 Å². The maximum atomic E-state index is 2.36. The fourth-order valence-electron chi connectivity index (χ4n) is 3.08. The quantitative estimate of drug-likeness (QED) is 0.684. The van der Waals surface area contributed by atoms with E-state index in [0.717, 1.165) is 5.92 Å². The van der Waals surface area contributed by atoms with Gasteiger partial charge in [-0.05, 0) is 34.6 Å². The summed E-state index contributed by atoms with van der Waals surface area (Å²) in [5.41, 5.74) is 5.95. The second kappa shape index (κ2) is 4.61. The molecule has 0 heterocycles. The molecule has 0 aliphatic heterocycles. The molecule has 18 heavy (non-hydrogen) atoms. The highest BCUT2D eigenvalue weighted by atomic mass is 14.3.